The highest BCUT2D eigenvalue weighted by atomic mass is 32.2. The highest BCUT2D eigenvalue weighted by molar-refractivity contribution is 7.79. The minimum Gasteiger partial charge on any atom is -0.302 e. The van der Waals surface area contributed by atoms with E-state index in [1.165, 1.54) is 48.5 Å². The van der Waals surface area contributed by atoms with E-state index in [2.05, 4.69) is 9.97 Å². The van der Waals surface area contributed by atoms with E-state index < -0.39 is 44.4 Å². The van der Waals surface area contributed by atoms with Crippen LogP contribution in [0.1, 0.15) is 0 Å². The Bertz CT molecular complexity index is 1660. The summed E-state index contributed by atoms with van der Waals surface area (Å²) in [6.45, 7) is 0. The van der Waals surface area contributed by atoms with Gasteiger partial charge in [0.1, 0.15) is 0 Å². The fourth-order valence-corrected chi connectivity index (χ4v) is 4.91. The number of hydrogen-bond acceptors (Lipinski definition) is 6. The SMILES string of the molecule is O=c1[nH]c(=O)c2c(-c3ccc(S(=O)O)cc3)c3c(=O)[nH]c(=O)c3c(-c3ccc(S(=O)O)cc3)c12. The zero-order valence-electron chi connectivity index (χ0n) is 16.8. The van der Waals surface area contributed by atoms with Crippen molar-refractivity contribution < 1.29 is 17.5 Å². The van der Waals surface area contributed by atoms with Gasteiger partial charge in [0.25, 0.3) is 22.2 Å². The van der Waals surface area contributed by atoms with Crippen LogP contribution < -0.4 is 22.2 Å². The van der Waals surface area contributed by atoms with Gasteiger partial charge in [-0.3, -0.25) is 29.1 Å². The van der Waals surface area contributed by atoms with Crippen LogP contribution in [0.5, 0.6) is 0 Å². The van der Waals surface area contributed by atoms with Crippen LogP contribution in [0.3, 0.4) is 0 Å². The van der Waals surface area contributed by atoms with Crippen LogP contribution in [-0.4, -0.2) is 27.5 Å². The highest BCUT2D eigenvalue weighted by Crippen LogP contribution is 2.39. The van der Waals surface area contributed by atoms with E-state index in [4.69, 9.17) is 0 Å². The van der Waals surface area contributed by atoms with Crippen LogP contribution in [0.2, 0.25) is 0 Å². The number of aromatic nitrogens is 2. The lowest BCUT2D eigenvalue weighted by molar-refractivity contribution is 0.563. The summed E-state index contributed by atoms with van der Waals surface area (Å²) >= 11 is -4.52. The Morgan fingerprint density at radius 1 is 0.500 bits per heavy atom. The molecule has 2 atom stereocenters. The summed E-state index contributed by atoms with van der Waals surface area (Å²) in [5, 5.41) is -0.458. The number of aromatic amines is 2. The molecule has 0 aliphatic heterocycles. The molecule has 0 saturated heterocycles. The van der Waals surface area contributed by atoms with E-state index in [-0.39, 0.29) is 53.6 Å². The Morgan fingerprint density at radius 3 is 1.00 bits per heavy atom. The van der Waals surface area contributed by atoms with Crippen molar-refractivity contribution in [1.29, 1.82) is 0 Å². The lowest BCUT2D eigenvalue weighted by Gasteiger charge is -2.11. The van der Waals surface area contributed by atoms with Crippen molar-refractivity contribution in [2.45, 2.75) is 9.79 Å². The predicted octanol–water partition coefficient (Wildman–Crippen LogP) is 1.46. The van der Waals surface area contributed by atoms with Gasteiger partial charge in [0.2, 0.25) is 0 Å². The zero-order valence-corrected chi connectivity index (χ0v) is 18.4. The first-order valence-corrected chi connectivity index (χ1v) is 11.8. The molecule has 170 valence electrons. The maximum Gasteiger partial charge on any atom is 0.259 e. The average molecular weight is 496 g/mol. The fraction of sp³-hybridized carbons (Fsp3) is 0. The molecule has 2 aromatic heterocycles. The molecule has 0 aliphatic rings. The standard InChI is InChI=1S/C22H12N2O8S2/c25-19-15-13(9-1-5-11(6-2-9)33(29)30)16-18(22(28)24-20(16)26)14(17(15)21(27)23-19)10-3-7-12(8-4-10)34(31)32/h1-8H,(H,29,30)(H,31,32)(H,23,25,27)(H,24,26,28). The van der Waals surface area contributed by atoms with Crippen LogP contribution >= 0.6 is 0 Å². The number of hydrogen-bond donors (Lipinski definition) is 4. The Labute approximate surface area is 193 Å². The first-order valence-electron chi connectivity index (χ1n) is 9.57. The number of H-pyrrole nitrogens is 2. The van der Waals surface area contributed by atoms with Gasteiger partial charge < -0.3 is 9.11 Å². The van der Waals surface area contributed by atoms with Crippen molar-refractivity contribution in [1.82, 2.24) is 9.97 Å². The molecule has 34 heavy (non-hydrogen) atoms. The summed E-state index contributed by atoms with van der Waals surface area (Å²) in [6, 6.07) is 11.0. The van der Waals surface area contributed by atoms with E-state index in [1.54, 1.807) is 0 Å². The largest absolute Gasteiger partial charge is 0.302 e. The second-order valence-electron chi connectivity index (χ2n) is 7.36. The van der Waals surface area contributed by atoms with Crippen LogP contribution in [0.15, 0.2) is 77.5 Å². The fourth-order valence-electron chi connectivity index (χ4n) is 4.17. The first-order chi connectivity index (χ1) is 16.2. The smallest absolute Gasteiger partial charge is 0.259 e. The number of nitrogens with one attached hydrogen (secondary N) is 2. The van der Waals surface area contributed by atoms with Crippen molar-refractivity contribution in [2.75, 3.05) is 0 Å². The normalized spacial score (nSPS) is 13.5. The summed E-state index contributed by atoms with van der Waals surface area (Å²) in [5.74, 6) is 0. The molecule has 0 spiro atoms. The van der Waals surface area contributed by atoms with Crippen molar-refractivity contribution in [3.8, 4) is 22.3 Å². The molecule has 5 aromatic rings. The third-order valence-corrected chi connectivity index (χ3v) is 6.90. The highest BCUT2D eigenvalue weighted by Gasteiger charge is 2.26. The summed E-state index contributed by atoms with van der Waals surface area (Å²) in [4.78, 5) is 56.0. The summed E-state index contributed by atoms with van der Waals surface area (Å²) in [7, 11) is 0. The van der Waals surface area contributed by atoms with Gasteiger partial charge >= 0.3 is 0 Å². The van der Waals surface area contributed by atoms with Gasteiger partial charge in [0.05, 0.1) is 31.3 Å². The van der Waals surface area contributed by atoms with Crippen molar-refractivity contribution in [3.05, 3.63) is 89.9 Å². The molecule has 0 fully saturated rings. The van der Waals surface area contributed by atoms with Gasteiger partial charge in [-0.2, -0.15) is 0 Å². The van der Waals surface area contributed by atoms with Crippen LogP contribution in [-0.2, 0) is 22.2 Å². The van der Waals surface area contributed by atoms with E-state index in [0.29, 0.717) is 0 Å². The third kappa shape index (κ3) is 3.23. The third-order valence-electron chi connectivity index (χ3n) is 5.55. The molecular formula is C22H12N2O8S2. The minimum absolute atomic E-state index is 0.0452. The number of rotatable bonds is 4. The van der Waals surface area contributed by atoms with Gasteiger partial charge in [-0.1, -0.05) is 24.3 Å². The lowest BCUT2D eigenvalue weighted by Crippen LogP contribution is -2.08. The molecule has 10 nitrogen and oxygen atoms in total. The molecule has 0 radical (unpaired) electrons. The minimum atomic E-state index is -2.26. The van der Waals surface area contributed by atoms with Crippen LogP contribution in [0.25, 0.3) is 43.8 Å². The Hall–Kier alpha value is -3.84. The molecule has 0 saturated carbocycles. The Kier molecular flexibility index (Phi) is 5.10. The summed E-state index contributed by atoms with van der Waals surface area (Å²) in [5.41, 5.74) is -2.41. The number of benzene rings is 3. The van der Waals surface area contributed by atoms with E-state index in [9.17, 15) is 36.7 Å². The molecule has 4 N–H and O–H groups in total. The predicted molar refractivity (Wildman–Crippen MR) is 127 cm³/mol. The van der Waals surface area contributed by atoms with E-state index in [0.717, 1.165) is 0 Å². The maximum atomic E-state index is 12.8. The molecule has 0 bridgehead atoms. The van der Waals surface area contributed by atoms with E-state index >= 15 is 0 Å². The van der Waals surface area contributed by atoms with Crippen molar-refractivity contribution in [3.63, 3.8) is 0 Å². The molecule has 5 rings (SSSR count). The Morgan fingerprint density at radius 2 is 0.765 bits per heavy atom. The summed E-state index contributed by atoms with van der Waals surface area (Å²) < 4.78 is 41.2. The molecule has 2 heterocycles. The van der Waals surface area contributed by atoms with Gasteiger partial charge in [0, 0.05) is 11.1 Å². The summed E-state index contributed by atoms with van der Waals surface area (Å²) in [6.07, 6.45) is 0. The van der Waals surface area contributed by atoms with Gasteiger partial charge in [-0.25, -0.2) is 8.42 Å². The maximum absolute atomic E-state index is 12.8. The second-order valence-corrected chi connectivity index (χ2v) is 9.30. The Balaban J connectivity index is 1.99. The quantitative estimate of drug-likeness (QED) is 0.271. The molecular weight excluding hydrogens is 484 g/mol. The lowest BCUT2D eigenvalue weighted by atomic mass is 9.89. The first kappa shape index (κ1) is 22.0. The monoisotopic (exact) mass is 496 g/mol. The van der Waals surface area contributed by atoms with Gasteiger partial charge in [-0.15, -0.1) is 0 Å². The van der Waals surface area contributed by atoms with E-state index in [1.807, 2.05) is 0 Å². The molecule has 0 aliphatic carbocycles. The van der Waals surface area contributed by atoms with Crippen molar-refractivity contribution in [2.24, 2.45) is 0 Å². The van der Waals surface area contributed by atoms with Gasteiger partial charge in [0.15, 0.2) is 22.2 Å². The molecule has 3 aromatic carbocycles. The molecule has 0 amide bonds. The van der Waals surface area contributed by atoms with Crippen LogP contribution in [0.4, 0.5) is 0 Å². The average Bonchev–Trinajstić information content (AvgIpc) is 3.27. The molecule has 12 heteroatoms. The topological polar surface area (TPSA) is 174 Å². The molecule has 2 unspecified atom stereocenters. The van der Waals surface area contributed by atoms with Crippen LogP contribution in [0, 0.1) is 0 Å². The van der Waals surface area contributed by atoms with Crippen molar-refractivity contribution >= 4 is 43.7 Å². The zero-order chi connectivity index (χ0) is 24.3. The second kappa shape index (κ2) is 7.88. The number of fused-ring (bicyclic) bond motifs is 2. The van der Waals surface area contributed by atoms with Gasteiger partial charge in [-0.05, 0) is 35.4 Å².